The minimum Gasteiger partial charge on any atom is -0.490 e. The first-order chi connectivity index (χ1) is 12.7. The second kappa shape index (κ2) is 10.9. The molecule has 0 unspecified atom stereocenters. The Kier molecular flexibility index (Phi) is 8.15. The highest BCUT2D eigenvalue weighted by atomic mass is 32.1. The van der Waals surface area contributed by atoms with Crippen molar-refractivity contribution in [3.63, 3.8) is 0 Å². The van der Waals surface area contributed by atoms with Gasteiger partial charge in [0.25, 0.3) is 0 Å². The van der Waals surface area contributed by atoms with Gasteiger partial charge in [-0.25, -0.2) is 0 Å². The van der Waals surface area contributed by atoms with Gasteiger partial charge < -0.3 is 14.8 Å². The molecule has 0 aliphatic carbocycles. The predicted molar refractivity (Wildman–Crippen MR) is 110 cm³/mol. The van der Waals surface area contributed by atoms with Crippen molar-refractivity contribution in [2.45, 2.75) is 13.5 Å². The fraction of sp³-hybridized carbons (Fsp3) is 0.200. The third-order valence-electron chi connectivity index (χ3n) is 3.29. The van der Waals surface area contributed by atoms with E-state index in [0.717, 1.165) is 11.1 Å². The largest absolute Gasteiger partial charge is 0.490 e. The van der Waals surface area contributed by atoms with Crippen molar-refractivity contribution in [2.24, 2.45) is 5.10 Å². The van der Waals surface area contributed by atoms with E-state index in [-0.39, 0.29) is 0 Å². The average molecular weight is 369 g/mol. The molecule has 0 aromatic heterocycles. The summed E-state index contributed by atoms with van der Waals surface area (Å²) in [6.45, 7) is 7.18. The van der Waals surface area contributed by atoms with Crippen LogP contribution in [0.25, 0.3) is 0 Å². The highest BCUT2D eigenvalue weighted by Gasteiger charge is 2.06. The van der Waals surface area contributed by atoms with E-state index in [2.05, 4.69) is 22.4 Å². The van der Waals surface area contributed by atoms with Crippen molar-refractivity contribution in [1.82, 2.24) is 10.7 Å². The van der Waals surface area contributed by atoms with Crippen LogP contribution in [-0.2, 0) is 6.61 Å². The lowest BCUT2D eigenvalue weighted by Gasteiger charge is -2.12. The predicted octanol–water partition coefficient (Wildman–Crippen LogP) is 3.65. The molecule has 2 aromatic carbocycles. The van der Waals surface area contributed by atoms with Crippen molar-refractivity contribution in [2.75, 3.05) is 13.2 Å². The number of nitrogens with zero attached hydrogens (tertiary/aromatic N) is 1. The number of hydrogen-bond acceptors (Lipinski definition) is 4. The molecule has 0 bridgehead atoms. The fourth-order valence-electron chi connectivity index (χ4n) is 2.10. The van der Waals surface area contributed by atoms with Gasteiger partial charge in [0.05, 0.1) is 12.8 Å². The number of nitrogens with one attached hydrogen (secondary N) is 2. The minimum atomic E-state index is 0.439. The van der Waals surface area contributed by atoms with Crippen molar-refractivity contribution >= 4 is 23.5 Å². The maximum atomic E-state index is 5.89. The van der Waals surface area contributed by atoms with Gasteiger partial charge in [0, 0.05) is 6.54 Å². The average Bonchev–Trinajstić information content (AvgIpc) is 2.67. The molecule has 0 amide bonds. The number of rotatable bonds is 9. The van der Waals surface area contributed by atoms with Crippen molar-refractivity contribution in [3.05, 3.63) is 72.3 Å². The lowest BCUT2D eigenvalue weighted by molar-refractivity contribution is 0.269. The Morgan fingerprint density at radius 3 is 2.69 bits per heavy atom. The van der Waals surface area contributed by atoms with E-state index in [1.807, 2.05) is 55.5 Å². The molecule has 0 heterocycles. The van der Waals surface area contributed by atoms with E-state index in [9.17, 15) is 0 Å². The molecule has 0 fully saturated rings. The van der Waals surface area contributed by atoms with E-state index >= 15 is 0 Å². The quantitative estimate of drug-likeness (QED) is 0.306. The molecule has 0 spiro atoms. The lowest BCUT2D eigenvalue weighted by atomic mass is 10.2. The second-order valence-electron chi connectivity index (χ2n) is 5.28. The van der Waals surface area contributed by atoms with Gasteiger partial charge in [-0.15, -0.1) is 6.58 Å². The van der Waals surface area contributed by atoms with Crippen LogP contribution >= 0.6 is 12.2 Å². The van der Waals surface area contributed by atoms with E-state index in [1.54, 1.807) is 12.3 Å². The summed E-state index contributed by atoms with van der Waals surface area (Å²) in [4.78, 5) is 0. The summed E-state index contributed by atoms with van der Waals surface area (Å²) in [5.74, 6) is 1.38. The summed E-state index contributed by atoms with van der Waals surface area (Å²) in [6, 6.07) is 15.7. The molecule has 2 rings (SSSR count). The molecule has 0 saturated carbocycles. The molecular formula is C20H23N3O2S. The minimum absolute atomic E-state index is 0.439. The number of hydrogen-bond donors (Lipinski definition) is 2. The zero-order chi connectivity index (χ0) is 18.6. The SMILES string of the molecule is C=CCNC(=S)NN=Cc1ccc(OCc2ccccc2)c(OCC)c1. The standard InChI is InChI=1S/C20H23N3O2S/c1-3-12-21-20(26)23-22-14-17-10-11-18(19(13-17)24-4-2)25-15-16-8-6-5-7-9-16/h3,5-11,13-14H,1,4,12,15H2,2H3,(H2,21,23,26). The molecule has 0 atom stereocenters. The highest BCUT2D eigenvalue weighted by molar-refractivity contribution is 7.80. The highest BCUT2D eigenvalue weighted by Crippen LogP contribution is 2.28. The van der Waals surface area contributed by atoms with Gasteiger partial charge in [-0.05, 0) is 48.5 Å². The monoisotopic (exact) mass is 369 g/mol. The zero-order valence-electron chi connectivity index (χ0n) is 14.8. The Balaban J connectivity index is 2.00. The molecule has 0 aliphatic heterocycles. The molecule has 136 valence electrons. The molecule has 0 aliphatic rings. The van der Waals surface area contributed by atoms with E-state index in [1.165, 1.54) is 0 Å². The topological polar surface area (TPSA) is 54.9 Å². The molecule has 0 saturated heterocycles. The summed E-state index contributed by atoms with van der Waals surface area (Å²) >= 11 is 5.08. The van der Waals surface area contributed by atoms with Crippen LogP contribution in [0.15, 0.2) is 66.3 Å². The lowest BCUT2D eigenvalue weighted by Crippen LogP contribution is -2.31. The van der Waals surface area contributed by atoms with E-state index in [4.69, 9.17) is 21.7 Å². The maximum Gasteiger partial charge on any atom is 0.187 e. The molecule has 6 heteroatoms. The van der Waals surface area contributed by atoms with Crippen LogP contribution in [0.3, 0.4) is 0 Å². The zero-order valence-corrected chi connectivity index (χ0v) is 15.6. The fourth-order valence-corrected chi connectivity index (χ4v) is 2.23. The van der Waals surface area contributed by atoms with Crippen molar-refractivity contribution in [1.29, 1.82) is 0 Å². The Bertz CT molecular complexity index is 748. The maximum absolute atomic E-state index is 5.89. The third-order valence-corrected chi connectivity index (χ3v) is 3.53. The summed E-state index contributed by atoms with van der Waals surface area (Å²) in [6.07, 6.45) is 3.39. The van der Waals surface area contributed by atoms with E-state index in [0.29, 0.717) is 36.4 Å². The van der Waals surface area contributed by atoms with Gasteiger partial charge >= 0.3 is 0 Å². The van der Waals surface area contributed by atoms with Crippen LogP contribution in [0.4, 0.5) is 0 Å². The van der Waals surface area contributed by atoms with Gasteiger partial charge in [-0.2, -0.15) is 5.10 Å². The first-order valence-electron chi connectivity index (χ1n) is 8.34. The molecule has 26 heavy (non-hydrogen) atoms. The third kappa shape index (κ3) is 6.57. The van der Waals surface area contributed by atoms with Crippen LogP contribution in [0.5, 0.6) is 11.5 Å². The second-order valence-corrected chi connectivity index (χ2v) is 5.69. The van der Waals surface area contributed by atoms with Crippen LogP contribution in [0.2, 0.25) is 0 Å². The van der Waals surface area contributed by atoms with Crippen LogP contribution < -0.4 is 20.2 Å². The summed E-state index contributed by atoms with van der Waals surface area (Å²) in [7, 11) is 0. The molecule has 2 aromatic rings. The van der Waals surface area contributed by atoms with Gasteiger partial charge in [0.2, 0.25) is 0 Å². The van der Waals surface area contributed by atoms with Crippen molar-refractivity contribution in [3.8, 4) is 11.5 Å². The normalized spacial score (nSPS) is 10.3. The molecule has 0 radical (unpaired) electrons. The van der Waals surface area contributed by atoms with Gasteiger partial charge in [-0.3, -0.25) is 5.43 Å². The summed E-state index contributed by atoms with van der Waals surface area (Å²) in [5.41, 5.74) is 4.73. The van der Waals surface area contributed by atoms with E-state index < -0.39 is 0 Å². The van der Waals surface area contributed by atoms with Gasteiger partial charge in [-0.1, -0.05) is 36.4 Å². The molecule has 2 N–H and O–H groups in total. The number of thiocarbonyl (C=S) groups is 1. The van der Waals surface area contributed by atoms with Crippen LogP contribution in [0, 0.1) is 0 Å². The Hall–Kier alpha value is -2.86. The number of ether oxygens (including phenoxy) is 2. The smallest absolute Gasteiger partial charge is 0.187 e. The van der Waals surface area contributed by atoms with Crippen LogP contribution in [0.1, 0.15) is 18.1 Å². The van der Waals surface area contributed by atoms with Crippen LogP contribution in [-0.4, -0.2) is 24.5 Å². The number of benzene rings is 2. The first-order valence-corrected chi connectivity index (χ1v) is 8.75. The van der Waals surface area contributed by atoms with Gasteiger partial charge in [0.15, 0.2) is 16.6 Å². The number of hydrazone groups is 1. The Labute approximate surface area is 159 Å². The summed E-state index contributed by atoms with van der Waals surface area (Å²) in [5, 5.41) is 7.48. The Morgan fingerprint density at radius 1 is 1.15 bits per heavy atom. The Morgan fingerprint density at radius 2 is 1.96 bits per heavy atom. The first kappa shape index (κ1) is 19.5. The molecular weight excluding hydrogens is 346 g/mol. The van der Waals surface area contributed by atoms with Crippen molar-refractivity contribution < 1.29 is 9.47 Å². The summed E-state index contributed by atoms with van der Waals surface area (Å²) < 4.78 is 11.6. The van der Waals surface area contributed by atoms with Gasteiger partial charge in [0.1, 0.15) is 6.61 Å². The molecule has 5 nitrogen and oxygen atoms in total.